The molecule has 0 amide bonds. The third kappa shape index (κ3) is 2.61. The summed E-state index contributed by atoms with van der Waals surface area (Å²) in [5.74, 6) is -0.925. The van der Waals surface area contributed by atoms with Crippen LogP contribution in [0, 0.1) is 6.92 Å². The Kier molecular flexibility index (Phi) is 4.33. The Morgan fingerprint density at radius 3 is 2.64 bits per heavy atom. The van der Waals surface area contributed by atoms with Crippen molar-refractivity contribution < 1.29 is 9.90 Å². The van der Waals surface area contributed by atoms with E-state index in [-0.39, 0.29) is 35.1 Å². The number of carboxylic acids is 1. The van der Waals surface area contributed by atoms with Gasteiger partial charge in [0.25, 0.3) is 0 Å². The second-order valence-electron chi connectivity index (χ2n) is 2.00. The van der Waals surface area contributed by atoms with Gasteiger partial charge >= 0.3 is 35.5 Å². The van der Waals surface area contributed by atoms with Crippen LogP contribution in [-0.2, 0) is 0 Å². The van der Waals surface area contributed by atoms with Gasteiger partial charge in [0.1, 0.15) is 0 Å². The molecule has 1 aromatic heterocycles. The zero-order valence-electron chi connectivity index (χ0n) is 5.53. The maximum atomic E-state index is 10.4. The number of hydrogen-bond acceptors (Lipinski definition) is 2. The fourth-order valence-electron chi connectivity index (χ4n) is 0.688. The molecule has 1 aromatic rings. The molecule has 54 valence electrons. The van der Waals surface area contributed by atoms with E-state index in [1.165, 1.54) is 6.20 Å². The molecule has 0 unspecified atom stereocenters. The predicted molar refractivity (Wildman–Crippen MR) is 43.1 cm³/mol. The molecule has 0 aliphatic carbocycles. The topological polar surface area (TPSA) is 50.2 Å². The molecule has 4 heteroatoms. The standard InChI is InChI=1S/C7H7NO2.Na.H/c1-5-2-3-8-4-6(5)7(9)10;;/h2-4H,1H3,(H,9,10);;. The predicted octanol–water partition coefficient (Wildman–Crippen LogP) is 0.440. The third-order valence-electron chi connectivity index (χ3n) is 1.27. The van der Waals surface area contributed by atoms with Crippen LogP contribution in [0.2, 0.25) is 0 Å². The zero-order chi connectivity index (χ0) is 7.56. The van der Waals surface area contributed by atoms with Crippen molar-refractivity contribution in [3.05, 3.63) is 29.6 Å². The zero-order valence-corrected chi connectivity index (χ0v) is 5.53. The van der Waals surface area contributed by atoms with Gasteiger partial charge < -0.3 is 5.11 Å². The number of carbonyl (C=O) groups is 1. The molecule has 1 rings (SSSR count). The first-order valence-electron chi connectivity index (χ1n) is 2.85. The molecule has 0 atom stereocenters. The summed E-state index contributed by atoms with van der Waals surface area (Å²) in [6.45, 7) is 1.74. The third-order valence-corrected chi connectivity index (χ3v) is 1.27. The van der Waals surface area contributed by atoms with Crippen LogP contribution in [0.3, 0.4) is 0 Å². The maximum absolute atomic E-state index is 10.4. The van der Waals surface area contributed by atoms with Crippen LogP contribution in [0.5, 0.6) is 0 Å². The molecule has 0 spiro atoms. The number of aryl methyl sites for hydroxylation is 1. The molecule has 0 aliphatic heterocycles. The molecule has 11 heavy (non-hydrogen) atoms. The number of carboxylic acid groups (broad SMARTS) is 1. The molecule has 0 fully saturated rings. The van der Waals surface area contributed by atoms with Gasteiger partial charge in [-0.1, -0.05) is 0 Å². The van der Waals surface area contributed by atoms with Gasteiger partial charge in [-0.25, -0.2) is 4.79 Å². The number of rotatable bonds is 1. The van der Waals surface area contributed by atoms with Crippen molar-refractivity contribution in [1.29, 1.82) is 0 Å². The molecular formula is C7H8NNaO2. The summed E-state index contributed by atoms with van der Waals surface area (Å²) in [5, 5.41) is 8.53. The Hall–Kier alpha value is -0.380. The van der Waals surface area contributed by atoms with Crippen LogP contribution in [0.25, 0.3) is 0 Å². The molecule has 0 bridgehead atoms. The summed E-state index contributed by atoms with van der Waals surface area (Å²) in [6, 6.07) is 1.67. The first kappa shape index (κ1) is 10.6. The summed E-state index contributed by atoms with van der Waals surface area (Å²) in [5.41, 5.74) is 1.00. The van der Waals surface area contributed by atoms with Gasteiger partial charge in [-0.2, -0.15) is 0 Å². The van der Waals surface area contributed by atoms with Crippen LogP contribution in [-0.4, -0.2) is 45.6 Å². The van der Waals surface area contributed by atoms with E-state index in [0.29, 0.717) is 0 Å². The number of nitrogens with zero attached hydrogens (tertiary/aromatic N) is 1. The van der Waals surface area contributed by atoms with E-state index in [4.69, 9.17) is 5.11 Å². The van der Waals surface area contributed by atoms with Gasteiger partial charge in [-0.3, -0.25) is 4.98 Å². The van der Waals surface area contributed by atoms with E-state index >= 15 is 0 Å². The normalized spacial score (nSPS) is 8.45. The average molecular weight is 161 g/mol. The van der Waals surface area contributed by atoms with E-state index in [9.17, 15) is 4.79 Å². The van der Waals surface area contributed by atoms with Crippen molar-refractivity contribution >= 4 is 35.5 Å². The monoisotopic (exact) mass is 161 g/mol. The van der Waals surface area contributed by atoms with E-state index < -0.39 is 5.97 Å². The van der Waals surface area contributed by atoms with Gasteiger partial charge in [-0.15, -0.1) is 0 Å². The Bertz CT molecular complexity index is 262. The number of pyridine rings is 1. The van der Waals surface area contributed by atoms with Gasteiger partial charge in [0, 0.05) is 12.4 Å². The quantitative estimate of drug-likeness (QED) is 0.608. The second-order valence-corrected chi connectivity index (χ2v) is 2.00. The van der Waals surface area contributed by atoms with Gasteiger partial charge in [0.15, 0.2) is 0 Å². The molecule has 0 saturated heterocycles. The molecule has 3 nitrogen and oxygen atoms in total. The molecule has 0 radical (unpaired) electrons. The Balaban J connectivity index is 0.000001000. The fourth-order valence-corrected chi connectivity index (χ4v) is 0.688. The molecule has 1 heterocycles. The Morgan fingerprint density at radius 2 is 2.27 bits per heavy atom. The average Bonchev–Trinajstić information content (AvgIpc) is 1.88. The number of hydrogen-bond donors (Lipinski definition) is 1. The summed E-state index contributed by atoms with van der Waals surface area (Å²) in [6.07, 6.45) is 2.92. The summed E-state index contributed by atoms with van der Waals surface area (Å²) >= 11 is 0. The van der Waals surface area contributed by atoms with Crippen molar-refractivity contribution in [2.24, 2.45) is 0 Å². The van der Waals surface area contributed by atoms with Crippen LogP contribution in [0.15, 0.2) is 18.5 Å². The van der Waals surface area contributed by atoms with Crippen LogP contribution < -0.4 is 0 Å². The summed E-state index contributed by atoms with van der Waals surface area (Å²) in [7, 11) is 0. The fraction of sp³-hybridized carbons (Fsp3) is 0.143. The SMILES string of the molecule is Cc1ccncc1C(=O)O.[NaH]. The molecule has 0 aliphatic rings. The van der Waals surface area contributed by atoms with Gasteiger partial charge in [0.05, 0.1) is 5.56 Å². The van der Waals surface area contributed by atoms with E-state index in [0.717, 1.165) is 5.56 Å². The van der Waals surface area contributed by atoms with E-state index in [1.54, 1.807) is 19.2 Å². The van der Waals surface area contributed by atoms with Crippen LogP contribution in [0.1, 0.15) is 15.9 Å². The van der Waals surface area contributed by atoms with Crippen molar-refractivity contribution in [2.45, 2.75) is 6.92 Å². The van der Waals surface area contributed by atoms with Crippen LogP contribution >= 0.6 is 0 Å². The van der Waals surface area contributed by atoms with Crippen molar-refractivity contribution in [3.63, 3.8) is 0 Å². The Labute approximate surface area is 86.8 Å². The van der Waals surface area contributed by atoms with Crippen molar-refractivity contribution in [1.82, 2.24) is 4.98 Å². The molecular weight excluding hydrogens is 153 g/mol. The molecule has 0 aromatic carbocycles. The van der Waals surface area contributed by atoms with Gasteiger partial charge in [0.2, 0.25) is 0 Å². The first-order chi connectivity index (χ1) is 4.72. The first-order valence-corrected chi connectivity index (χ1v) is 2.85. The summed E-state index contributed by atoms with van der Waals surface area (Å²) in [4.78, 5) is 14.1. The Morgan fingerprint density at radius 1 is 1.64 bits per heavy atom. The summed E-state index contributed by atoms with van der Waals surface area (Å²) < 4.78 is 0. The van der Waals surface area contributed by atoms with E-state index in [2.05, 4.69) is 4.98 Å². The van der Waals surface area contributed by atoms with Crippen molar-refractivity contribution in [3.8, 4) is 0 Å². The van der Waals surface area contributed by atoms with Crippen molar-refractivity contribution in [2.75, 3.05) is 0 Å². The minimum atomic E-state index is -0.925. The molecule has 0 saturated carbocycles. The van der Waals surface area contributed by atoms with Gasteiger partial charge in [-0.05, 0) is 18.6 Å². The minimum absolute atomic E-state index is 0. The van der Waals surface area contributed by atoms with Crippen LogP contribution in [0.4, 0.5) is 0 Å². The number of aromatic carboxylic acids is 1. The molecule has 1 N–H and O–H groups in total. The van der Waals surface area contributed by atoms with E-state index in [1.807, 2.05) is 0 Å². The second kappa shape index (κ2) is 4.49. The number of aromatic nitrogens is 1.